The molecule has 1 aromatic heterocycles. The molecule has 4 nitrogen and oxygen atoms in total. The fourth-order valence-electron chi connectivity index (χ4n) is 1.81. The van der Waals surface area contributed by atoms with Gasteiger partial charge < -0.3 is 9.84 Å². The Hall–Kier alpha value is -1.72. The lowest BCUT2D eigenvalue weighted by Gasteiger charge is -1.98. The summed E-state index contributed by atoms with van der Waals surface area (Å²) < 4.78 is 6.09. The van der Waals surface area contributed by atoms with E-state index in [4.69, 9.17) is 9.84 Å². The van der Waals surface area contributed by atoms with Crippen molar-refractivity contribution in [2.45, 2.75) is 19.4 Å². The van der Waals surface area contributed by atoms with Crippen molar-refractivity contribution < 1.29 is 19.4 Å². The quantitative estimate of drug-likeness (QED) is 0.825. The van der Waals surface area contributed by atoms with Crippen LogP contribution in [0.4, 0.5) is 0 Å². The van der Waals surface area contributed by atoms with Gasteiger partial charge in [-0.25, -0.2) is 0 Å². The fourth-order valence-corrected chi connectivity index (χ4v) is 2.91. The Labute approximate surface area is 114 Å². The molecule has 0 fully saturated rings. The van der Waals surface area contributed by atoms with Crippen LogP contribution >= 0.6 is 11.3 Å². The summed E-state index contributed by atoms with van der Waals surface area (Å²) in [5.41, 5.74) is 1.06. The van der Waals surface area contributed by atoms with Crippen LogP contribution in [0.1, 0.15) is 28.1 Å². The Morgan fingerprint density at radius 3 is 2.74 bits per heavy atom. The number of Topliss-reactive ketones (excluding diaryl/α,β-unsaturated/α-hetero) is 1. The van der Waals surface area contributed by atoms with Crippen molar-refractivity contribution in [3.8, 4) is 0 Å². The van der Waals surface area contributed by atoms with E-state index in [0.717, 1.165) is 15.6 Å². The van der Waals surface area contributed by atoms with E-state index in [9.17, 15) is 9.59 Å². The number of aliphatic carboxylic acids is 1. The maximum atomic E-state index is 11.9. The Morgan fingerprint density at radius 1 is 1.26 bits per heavy atom. The average Bonchev–Trinajstić information content (AvgIpc) is 2.79. The van der Waals surface area contributed by atoms with Crippen molar-refractivity contribution in [1.29, 1.82) is 0 Å². The first-order valence-corrected chi connectivity index (χ1v) is 6.68. The van der Waals surface area contributed by atoms with Crippen LogP contribution in [0, 0.1) is 0 Å². The highest BCUT2D eigenvalue weighted by molar-refractivity contribution is 7.20. The van der Waals surface area contributed by atoms with Gasteiger partial charge in [-0.15, -0.1) is 11.3 Å². The maximum Gasteiger partial charge on any atom is 0.303 e. The van der Waals surface area contributed by atoms with E-state index >= 15 is 0 Å². The lowest BCUT2D eigenvalue weighted by atomic mass is 10.1. The summed E-state index contributed by atoms with van der Waals surface area (Å²) in [5, 5.41) is 9.59. The normalized spacial score (nSPS) is 10.8. The molecule has 1 aromatic carbocycles. The number of rotatable bonds is 6. The lowest BCUT2D eigenvalue weighted by molar-refractivity contribution is -0.136. The van der Waals surface area contributed by atoms with Crippen LogP contribution in [-0.2, 0) is 16.1 Å². The highest BCUT2D eigenvalue weighted by Gasteiger charge is 2.12. The molecule has 0 amide bonds. The van der Waals surface area contributed by atoms with Gasteiger partial charge in [0.25, 0.3) is 0 Å². The standard InChI is InChI=1S/C14H14O4S/c1-18-8-9-2-3-10-7-13(19-12(10)6-9)11(15)4-5-14(16)17/h2-3,6-7H,4-5,8H2,1H3,(H,16,17). The van der Waals surface area contributed by atoms with E-state index < -0.39 is 5.97 Å². The second kappa shape index (κ2) is 5.95. The molecule has 0 radical (unpaired) electrons. The number of ketones is 1. The van der Waals surface area contributed by atoms with Gasteiger partial charge in [-0.2, -0.15) is 0 Å². The zero-order valence-electron chi connectivity index (χ0n) is 10.5. The summed E-state index contributed by atoms with van der Waals surface area (Å²) in [6.07, 6.45) is -0.0743. The van der Waals surface area contributed by atoms with Crippen LogP contribution in [0.2, 0.25) is 0 Å². The molecule has 1 heterocycles. The van der Waals surface area contributed by atoms with Crippen LogP contribution in [0.5, 0.6) is 0 Å². The number of carbonyl (C=O) groups is 2. The highest BCUT2D eigenvalue weighted by Crippen LogP contribution is 2.28. The fraction of sp³-hybridized carbons (Fsp3) is 0.286. The molecule has 2 aromatic rings. The van der Waals surface area contributed by atoms with Crippen molar-refractivity contribution in [2.24, 2.45) is 0 Å². The minimum atomic E-state index is -0.947. The molecule has 0 unspecified atom stereocenters. The number of carbonyl (C=O) groups excluding carboxylic acids is 1. The van der Waals surface area contributed by atoms with Crippen LogP contribution in [0.15, 0.2) is 24.3 Å². The number of thiophene rings is 1. The number of ether oxygens (including phenoxy) is 1. The predicted molar refractivity (Wildman–Crippen MR) is 73.7 cm³/mol. The van der Waals surface area contributed by atoms with Gasteiger partial charge in [-0.05, 0) is 23.1 Å². The van der Waals surface area contributed by atoms with Gasteiger partial charge in [0.2, 0.25) is 0 Å². The van der Waals surface area contributed by atoms with E-state index in [1.807, 2.05) is 24.3 Å². The molecule has 0 saturated carbocycles. The number of hydrogen-bond acceptors (Lipinski definition) is 4. The smallest absolute Gasteiger partial charge is 0.303 e. The first-order valence-electron chi connectivity index (χ1n) is 5.86. The van der Waals surface area contributed by atoms with E-state index in [2.05, 4.69) is 0 Å². The summed E-state index contributed by atoms with van der Waals surface area (Å²) >= 11 is 1.40. The van der Waals surface area contributed by atoms with Crippen LogP contribution in [0.25, 0.3) is 10.1 Å². The Bertz CT molecular complexity index is 615. The van der Waals surface area contributed by atoms with E-state index in [1.54, 1.807) is 7.11 Å². The largest absolute Gasteiger partial charge is 0.481 e. The predicted octanol–water partition coefficient (Wildman–Crippen LogP) is 3.10. The molecule has 0 aliphatic carbocycles. The summed E-state index contributed by atoms with van der Waals surface area (Å²) in [5.74, 6) is -1.06. The Balaban J connectivity index is 2.21. The summed E-state index contributed by atoms with van der Waals surface area (Å²) in [6, 6.07) is 7.73. The molecule has 100 valence electrons. The van der Waals surface area contributed by atoms with Crippen molar-refractivity contribution in [3.63, 3.8) is 0 Å². The third-order valence-electron chi connectivity index (χ3n) is 2.74. The molecule has 2 rings (SSSR count). The van der Waals surface area contributed by atoms with Crippen molar-refractivity contribution in [3.05, 3.63) is 34.7 Å². The average molecular weight is 278 g/mol. The third kappa shape index (κ3) is 3.39. The maximum absolute atomic E-state index is 11.9. The first-order chi connectivity index (χ1) is 9.10. The zero-order valence-corrected chi connectivity index (χ0v) is 11.3. The summed E-state index contributed by atoms with van der Waals surface area (Å²) in [4.78, 5) is 22.9. The van der Waals surface area contributed by atoms with Crippen LogP contribution in [-0.4, -0.2) is 24.0 Å². The molecule has 0 atom stereocenters. The van der Waals surface area contributed by atoms with Crippen LogP contribution < -0.4 is 0 Å². The van der Waals surface area contributed by atoms with Gasteiger partial charge in [-0.3, -0.25) is 9.59 Å². The Morgan fingerprint density at radius 2 is 2.05 bits per heavy atom. The summed E-state index contributed by atoms with van der Waals surface area (Å²) in [6.45, 7) is 0.538. The molecule has 0 bridgehead atoms. The van der Waals surface area contributed by atoms with Crippen molar-refractivity contribution in [1.82, 2.24) is 0 Å². The second-order valence-electron chi connectivity index (χ2n) is 4.23. The molecule has 0 aliphatic heterocycles. The minimum absolute atomic E-state index is 0.0487. The minimum Gasteiger partial charge on any atom is -0.481 e. The van der Waals surface area contributed by atoms with Gasteiger partial charge in [-0.1, -0.05) is 12.1 Å². The monoisotopic (exact) mass is 278 g/mol. The molecule has 19 heavy (non-hydrogen) atoms. The first kappa shape index (κ1) is 13.7. The molecule has 5 heteroatoms. The number of carboxylic acids is 1. The number of carboxylic acid groups (broad SMARTS) is 1. The van der Waals surface area contributed by atoms with Gasteiger partial charge in [0.1, 0.15) is 0 Å². The second-order valence-corrected chi connectivity index (χ2v) is 5.32. The number of hydrogen-bond donors (Lipinski definition) is 1. The molecule has 1 N–H and O–H groups in total. The van der Waals surface area contributed by atoms with Crippen molar-refractivity contribution >= 4 is 33.2 Å². The van der Waals surface area contributed by atoms with Crippen LogP contribution in [0.3, 0.4) is 0 Å². The van der Waals surface area contributed by atoms with E-state index in [-0.39, 0.29) is 18.6 Å². The van der Waals surface area contributed by atoms with E-state index in [1.165, 1.54) is 11.3 Å². The number of methoxy groups -OCH3 is 1. The molecular formula is C14H14O4S. The number of benzene rings is 1. The van der Waals surface area contributed by atoms with Gasteiger partial charge in [0, 0.05) is 18.2 Å². The molecular weight excluding hydrogens is 264 g/mol. The highest BCUT2D eigenvalue weighted by atomic mass is 32.1. The summed E-state index contributed by atoms with van der Waals surface area (Å²) in [7, 11) is 1.64. The lowest BCUT2D eigenvalue weighted by Crippen LogP contribution is -2.01. The van der Waals surface area contributed by atoms with Gasteiger partial charge >= 0.3 is 5.97 Å². The molecule has 0 aliphatic rings. The third-order valence-corrected chi connectivity index (χ3v) is 3.88. The van der Waals surface area contributed by atoms with Crippen molar-refractivity contribution in [2.75, 3.05) is 7.11 Å². The number of fused-ring (bicyclic) bond motifs is 1. The molecule has 0 spiro atoms. The Kier molecular flexibility index (Phi) is 4.29. The SMILES string of the molecule is COCc1ccc2cc(C(=O)CCC(=O)O)sc2c1. The van der Waals surface area contributed by atoms with Gasteiger partial charge in [0.15, 0.2) is 5.78 Å². The van der Waals surface area contributed by atoms with Gasteiger partial charge in [0.05, 0.1) is 17.9 Å². The van der Waals surface area contributed by atoms with E-state index in [0.29, 0.717) is 11.5 Å². The topological polar surface area (TPSA) is 63.6 Å². The zero-order chi connectivity index (χ0) is 13.8. The molecule has 0 saturated heterocycles.